The molecule has 0 aliphatic heterocycles. The molecule has 1 nitrogen and oxygen atoms in total. The molecule has 0 bridgehead atoms. The molecule has 1 atom stereocenters. The van der Waals surface area contributed by atoms with Crippen molar-refractivity contribution in [3.63, 3.8) is 0 Å². The van der Waals surface area contributed by atoms with Crippen molar-refractivity contribution in [1.82, 2.24) is 5.32 Å². The van der Waals surface area contributed by atoms with Crippen molar-refractivity contribution in [2.75, 3.05) is 6.54 Å². The highest BCUT2D eigenvalue weighted by Crippen LogP contribution is 2.30. The molecule has 20 heavy (non-hydrogen) atoms. The normalized spacial score (nSPS) is 12.4. The predicted octanol–water partition coefficient (Wildman–Crippen LogP) is 4.79. The van der Waals surface area contributed by atoms with Crippen LogP contribution in [0.15, 0.2) is 36.4 Å². The van der Waals surface area contributed by atoms with Crippen LogP contribution in [-0.2, 0) is 0 Å². The van der Waals surface area contributed by atoms with Crippen LogP contribution < -0.4 is 5.32 Å². The lowest BCUT2D eigenvalue weighted by atomic mass is 9.96. The first-order valence-corrected chi connectivity index (χ1v) is 7.16. The van der Waals surface area contributed by atoms with E-state index in [-0.39, 0.29) is 11.9 Å². The Morgan fingerprint density at radius 3 is 2.60 bits per heavy atom. The van der Waals surface area contributed by atoms with Gasteiger partial charge in [0.2, 0.25) is 0 Å². The lowest BCUT2D eigenvalue weighted by Gasteiger charge is -2.21. The van der Waals surface area contributed by atoms with Crippen LogP contribution >= 0.6 is 11.6 Å². The van der Waals surface area contributed by atoms with Gasteiger partial charge < -0.3 is 5.32 Å². The maximum atomic E-state index is 13.6. The average Bonchev–Trinajstić information content (AvgIpc) is 2.40. The van der Waals surface area contributed by atoms with E-state index in [2.05, 4.69) is 30.4 Å². The first kappa shape index (κ1) is 15.0. The smallest absolute Gasteiger partial charge is 0.127 e. The van der Waals surface area contributed by atoms with E-state index in [9.17, 15) is 4.39 Å². The summed E-state index contributed by atoms with van der Waals surface area (Å²) < 4.78 is 13.6. The monoisotopic (exact) mass is 291 g/mol. The third kappa shape index (κ3) is 3.20. The third-order valence-electron chi connectivity index (χ3n) is 3.37. The van der Waals surface area contributed by atoms with Crippen LogP contribution in [0, 0.1) is 19.7 Å². The summed E-state index contributed by atoms with van der Waals surface area (Å²) in [6.07, 6.45) is 0. The van der Waals surface area contributed by atoms with Crippen molar-refractivity contribution in [3.8, 4) is 0 Å². The standard InChI is InChI=1S/C17H19ClFN/c1-4-20-17(13-7-5-6-11(2)8-13)14-9-12(3)16(19)10-15(14)18/h5-10,17,20H,4H2,1-3H3. The zero-order chi connectivity index (χ0) is 14.7. The van der Waals surface area contributed by atoms with Crippen LogP contribution in [0.2, 0.25) is 5.02 Å². The van der Waals surface area contributed by atoms with Crippen molar-refractivity contribution in [1.29, 1.82) is 0 Å². The molecule has 0 fully saturated rings. The van der Waals surface area contributed by atoms with Gasteiger partial charge in [0.1, 0.15) is 5.82 Å². The maximum Gasteiger partial charge on any atom is 0.127 e. The maximum absolute atomic E-state index is 13.6. The predicted molar refractivity (Wildman–Crippen MR) is 82.8 cm³/mol. The molecule has 0 aliphatic rings. The van der Waals surface area contributed by atoms with E-state index in [1.165, 1.54) is 11.6 Å². The zero-order valence-electron chi connectivity index (χ0n) is 12.0. The van der Waals surface area contributed by atoms with E-state index in [1.54, 1.807) is 6.92 Å². The summed E-state index contributed by atoms with van der Waals surface area (Å²) in [6, 6.07) is 11.5. The minimum Gasteiger partial charge on any atom is -0.306 e. The highest BCUT2D eigenvalue weighted by atomic mass is 35.5. The number of benzene rings is 2. The molecule has 3 heteroatoms. The van der Waals surface area contributed by atoms with Crippen molar-refractivity contribution < 1.29 is 4.39 Å². The molecule has 0 spiro atoms. The SMILES string of the molecule is CCNC(c1cccc(C)c1)c1cc(C)c(F)cc1Cl. The number of hydrogen-bond donors (Lipinski definition) is 1. The molecule has 0 saturated carbocycles. The van der Waals surface area contributed by atoms with Gasteiger partial charge in [-0.1, -0.05) is 48.4 Å². The number of halogens is 2. The molecular formula is C17H19ClFN. The Morgan fingerprint density at radius 1 is 1.20 bits per heavy atom. The Balaban J connectivity index is 2.51. The first-order valence-electron chi connectivity index (χ1n) is 6.78. The average molecular weight is 292 g/mol. The van der Waals surface area contributed by atoms with E-state index < -0.39 is 0 Å². The second kappa shape index (κ2) is 6.38. The molecule has 1 N–H and O–H groups in total. The number of hydrogen-bond acceptors (Lipinski definition) is 1. The summed E-state index contributed by atoms with van der Waals surface area (Å²) in [5, 5.41) is 3.88. The first-order chi connectivity index (χ1) is 9.52. The fourth-order valence-corrected chi connectivity index (χ4v) is 2.62. The number of nitrogens with one attached hydrogen (secondary N) is 1. The lowest BCUT2D eigenvalue weighted by Crippen LogP contribution is -2.22. The molecule has 2 aromatic carbocycles. The van der Waals surface area contributed by atoms with E-state index in [0.29, 0.717) is 10.6 Å². The summed E-state index contributed by atoms with van der Waals surface area (Å²) in [6.45, 7) is 6.68. The summed E-state index contributed by atoms with van der Waals surface area (Å²) in [5.74, 6) is -0.266. The van der Waals surface area contributed by atoms with Gasteiger partial charge >= 0.3 is 0 Å². The van der Waals surface area contributed by atoms with Crippen LogP contribution in [0.4, 0.5) is 4.39 Å². The van der Waals surface area contributed by atoms with Gasteiger partial charge in [0.25, 0.3) is 0 Å². The van der Waals surface area contributed by atoms with Crippen molar-refractivity contribution in [2.24, 2.45) is 0 Å². The van der Waals surface area contributed by atoms with Gasteiger partial charge in [-0.3, -0.25) is 0 Å². The van der Waals surface area contributed by atoms with Gasteiger partial charge in [-0.05, 0) is 49.2 Å². The number of rotatable bonds is 4. The Labute approximate surface area is 124 Å². The van der Waals surface area contributed by atoms with Crippen LogP contribution in [0.1, 0.15) is 35.2 Å². The van der Waals surface area contributed by atoms with Crippen molar-refractivity contribution >= 4 is 11.6 Å². The largest absolute Gasteiger partial charge is 0.306 e. The van der Waals surface area contributed by atoms with Gasteiger partial charge in [0.05, 0.1) is 6.04 Å². The second-order valence-corrected chi connectivity index (χ2v) is 5.43. The van der Waals surface area contributed by atoms with Gasteiger partial charge in [-0.2, -0.15) is 0 Å². The summed E-state index contributed by atoms with van der Waals surface area (Å²) in [7, 11) is 0. The highest BCUT2D eigenvalue weighted by Gasteiger charge is 2.17. The summed E-state index contributed by atoms with van der Waals surface area (Å²) >= 11 is 6.24. The Morgan fingerprint density at radius 2 is 1.95 bits per heavy atom. The molecule has 1 unspecified atom stereocenters. The fraction of sp³-hybridized carbons (Fsp3) is 0.294. The van der Waals surface area contributed by atoms with E-state index >= 15 is 0 Å². The number of aryl methyl sites for hydroxylation is 2. The molecule has 2 rings (SSSR count). The summed E-state index contributed by atoms with van der Waals surface area (Å²) in [4.78, 5) is 0. The minimum atomic E-state index is -0.266. The lowest BCUT2D eigenvalue weighted by molar-refractivity contribution is 0.606. The van der Waals surface area contributed by atoms with Crippen LogP contribution in [0.25, 0.3) is 0 Å². The molecule has 0 aliphatic carbocycles. The molecule has 0 amide bonds. The van der Waals surface area contributed by atoms with Crippen molar-refractivity contribution in [2.45, 2.75) is 26.8 Å². The van der Waals surface area contributed by atoms with Gasteiger partial charge in [0.15, 0.2) is 0 Å². The van der Waals surface area contributed by atoms with E-state index in [0.717, 1.165) is 17.7 Å². The molecule has 2 aromatic rings. The molecule has 0 saturated heterocycles. The quantitative estimate of drug-likeness (QED) is 0.853. The summed E-state index contributed by atoms with van der Waals surface area (Å²) in [5.41, 5.74) is 3.86. The van der Waals surface area contributed by atoms with E-state index in [4.69, 9.17) is 11.6 Å². The van der Waals surface area contributed by atoms with Crippen LogP contribution in [-0.4, -0.2) is 6.54 Å². The molecule has 0 aromatic heterocycles. The van der Waals surface area contributed by atoms with Gasteiger partial charge in [0, 0.05) is 5.02 Å². The molecule has 106 valence electrons. The second-order valence-electron chi connectivity index (χ2n) is 5.03. The molecule has 0 radical (unpaired) electrons. The Kier molecular flexibility index (Phi) is 4.79. The topological polar surface area (TPSA) is 12.0 Å². The zero-order valence-corrected chi connectivity index (χ0v) is 12.8. The van der Waals surface area contributed by atoms with Crippen LogP contribution in [0.3, 0.4) is 0 Å². The van der Waals surface area contributed by atoms with Gasteiger partial charge in [-0.15, -0.1) is 0 Å². The van der Waals surface area contributed by atoms with Crippen LogP contribution in [0.5, 0.6) is 0 Å². The third-order valence-corrected chi connectivity index (χ3v) is 3.70. The van der Waals surface area contributed by atoms with E-state index in [1.807, 2.05) is 19.1 Å². The fourth-order valence-electron chi connectivity index (χ4n) is 2.36. The molecule has 0 heterocycles. The van der Waals surface area contributed by atoms with Crippen molar-refractivity contribution in [3.05, 3.63) is 69.5 Å². The Hall–Kier alpha value is -1.38. The highest BCUT2D eigenvalue weighted by molar-refractivity contribution is 6.31. The molecular weight excluding hydrogens is 273 g/mol. The minimum absolute atomic E-state index is 0.0216. The Bertz CT molecular complexity index is 610. The van der Waals surface area contributed by atoms with Gasteiger partial charge in [-0.25, -0.2) is 4.39 Å².